The number of halogens is 2. The van der Waals surface area contributed by atoms with Crippen LogP contribution in [0.1, 0.15) is 44.9 Å². The number of piperidine rings is 3. The Balaban J connectivity index is 0.00000121. The van der Waals surface area contributed by atoms with Gasteiger partial charge in [0.2, 0.25) is 5.91 Å². The van der Waals surface area contributed by atoms with Gasteiger partial charge < -0.3 is 15.1 Å². The van der Waals surface area contributed by atoms with Gasteiger partial charge in [0.15, 0.2) is 0 Å². The van der Waals surface area contributed by atoms with Gasteiger partial charge in [0.25, 0.3) is 0 Å². The fourth-order valence-corrected chi connectivity index (χ4v) is 4.06. The van der Waals surface area contributed by atoms with E-state index in [1.54, 1.807) is 0 Å². The summed E-state index contributed by atoms with van der Waals surface area (Å²) in [5.74, 6) is 0.657. The zero-order valence-corrected chi connectivity index (χ0v) is 15.1. The quantitative estimate of drug-likeness (QED) is 0.828. The molecule has 3 rings (SSSR count). The van der Waals surface area contributed by atoms with Crippen molar-refractivity contribution < 1.29 is 4.79 Å². The molecule has 4 nitrogen and oxygen atoms in total. The van der Waals surface area contributed by atoms with E-state index in [9.17, 15) is 4.79 Å². The van der Waals surface area contributed by atoms with E-state index in [0.29, 0.717) is 5.91 Å². The molecule has 0 aromatic heterocycles. The molecule has 3 fully saturated rings. The highest BCUT2D eigenvalue weighted by Gasteiger charge is 2.31. The van der Waals surface area contributed by atoms with Crippen molar-refractivity contribution in [3.63, 3.8) is 0 Å². The number of nitrogens with one attached hydrogen (secondary N) is 1. The minimum Gasteiger partial charge on any atom is -0.342 e. The number of rotatable bonds is 2. The van der Waals surface area contributed by atoms with Crippen LogP contribution in [0.3, 0.4) is 0 Å². The molecule has 1 N–H and O–H groups in total. The Morgan fingerprint density at radius 2 is 1.55 bits per heavy atom. The van der Waals surface area contributed by atoms with E-state index in [4.69, 9.17) is 0 Å². The van der Waals surface area contributed by atoms with E-state index >= 15 is 0 Å². The highest BCUT2D eigenvalue weighted by Crippen LogP contribution is 2.23. The predicted octanol–water partition coefficient (Wildman–Crippen LogP) is 2.31. The maximum Gasteiger partial charge on any atom is 0.226 e. The molecule has 3 aliphatic heterocycles. The lowest BCUT2D eigenvalue weighted by atomic mass is 9.95. The van der Waals surface area contributed by atoms with Crippen LogP contribution in [0, 0.1) is 5.92 Å². The molecule has 3 heterocycles. The first-order chi connectivity index (χ1) is 9.84. The summed E-state index contributed by atoms with van der Waals surface area (Å²) in [4.78, 5) is 17.3. The van der Waals surface area contributed by atoms with Crippen LogP contribution in [0.15, 0.2) is 0 Å². The van der Waals surface area contributed by atoms with Gasteiger partial charge in [0.1, 0.15) is 0 Å². The number of hydrogen-bond donors (Lipinski definition) is 1. The number of nitrogens with zero attached hydrogens (tertiary/aromatic N) is 2. The van der Waals surface area contributed by atoms with Crippen LogP contribution in [-0.2, 0) is 4.79 Å². The van der Waals surface area contributed by atoms with Gasteiger partial charge in [-0.15, -0.1) is 24.8 Å². The van der Waals surface area contributed by atoms with Crippen LogP contribution >= 0.6 is 24.8 Å². The highest BCUT2D eigenvalue weighted by atomic mass is 35.5. The van der Waals surface area contributed by atoms with E-state index < -0.39 is 0 Å². The molecule has 0 radical (unpaired) electrons. The molecule has 0 aliphatic carbocycles. The molecule has 3 saturated heterocycles. The van der Waals surface area contributed by atoms with Crippen LogP contribution in [0.5, 0.6) is 0 Å². The number of amides is 1. The molecule has 0 unspecified atom stereocenters. The van der Waals surface area contributed by atoms with Gasteiger partial charge in [0, 0.05) is 25.7 Å². The van der Waals surface area contributed by atoms with Crippen molar-refractivity contribution in [2.45, 2.75) is 51.0 Å². The maximum absolute atomic E-state index is 12.5. The van der Waals surface area contributed by atoms with E-state index in [-0.39, 0.29) is 30.7 Å². The second-order valence-electron chi connectivity index (χ2n) is 6.70. The monoisotopic (exact) mass is 351 g/mol. The molecule has 0 saturated carbocycles. The van der Waals surface area contributed by atoms with Crippen molar-refractivity contribution >= 4 is 30.7 Å². The lowest BCUT2D eigenvalue weighted by molar-refractivity contribution is -0.137. The average Bonchev–Trinajstić information content (AvgIpc) is 2.56. The zero-order valence-electron chi connectivity index (χ0n) is 13.5. The molecule has 22 heavy (non-hydrogen) atoms. The van der Waals surface area contributed by atoms with Gasteiger partial charge in [-0.3, -0.25) is 4.79 Å². The van der Waals surface area contributed by atoms with Gasteiger partial charge >= 0.3 is 0 Å². The molecular weight excluding hydrogens is 321 g/mol. The van der Waals surface area contributed by atoms with E-state index in [1.807, 2.05) is 0 Å². The van der Waals surface area contributed by atoms with Crippen LogP contribution in [-0.4, -0.2) is 61.0 Å². The van der Waals surface area contributed by atoms with Crippen LogP contribution in [0.2, 0.25) is 0 Å². The summed E-state index contributed by atoms with van der Waals surface area (Å²) in [6, 6.07) is 0.740. The summed E-state index contributed by atoms with van der Waals surface area (Å²) in [5.41, 5.74) is 0. The Bertz CT molecular complexity index is 323. The molecule has 1 amide bonds. The van der Waals surface area contributed by atoms with Crippen molar-refractivity contribution in [3.05, 3.63) is 0 Å². The third-order valence-electron chi connectivity index (χ3n) is 5.33. The van der Waals surface area contributed by atoms with Gasteiger partial charge in [0.05, 0.1) is 5.92 Å². The lowest BCUT2D eigenvalue weighted by Crippen LogP contribution is -2.50. The van der Waals surface area contributed by atoms with Crippen LogP contribution in [0.25, 0.3) is 0 Å². The topological polar surface area (TPSA) is 35.6 Å². The Morgan fingerprint density at radius 1 is 0.864 bits per heavy atom. The summed E-state index contributed by atoms with van der Waals surface area (Å²) < 4.78 is 0. The van der Waals surface area contributed by atoms with Crippen molar-refractivity contribution in [1.82, 2.24) is 15.1 Å². The second-order valence-corrected chi connectivity index (χ2v) is 6.70. The minimum atomic E-state index is 0. The van der Waals surface area contributed by atoms with Gasteiger partial charge in [-0.1, -0.05) is 6.42 Å². The molecule has 130 valence electrons. The number of hydrogen-bond acceptors (Lipinski definition) is 3. The summed E-state index contributed by atoms with van der Waals surface area (Å²) >= 11 is 0. The van der Waals surface area contributed by atoms with Gasteiger partial charge in [-0.25, -0.2) is 0 Å². The number of carbonyl (C=O) groups is 1. The molecular formula is C16H31Cl2N3O. The van der Waals surface area contributed by atoms with E-state index in [2.05, 4.69) is 15.1 Å². The first-order valence-electron chi connectivity index (χ1n) is 8.58. The molecule has 0 spiro atoms. The third kappa shape index (κ3) is 4.98. The number of likely N-dealkylation sites (tertiary alicyclic amines) is 2. The van der Waals surface area contributed by atoms with Crippen molar-refractivity contribution in [1.29, 1.82) is 0 Å². The fraction of sp³-hybridized carbons (Fsp3) is 0.938. The van der Waals surface area contributed by atoms with Crippen molar-refractivity contribution in [2.24, 2.45) is 5.92 Å². The predicted molar refractivity (Wildman–Crippen MR) is 95.1 cm³/mol. The largest absolute Gasteiger partial charge is 0.342 e. The summed E-state index contributed by atoms with van der Waals surface area (Å²) in [7, 11) is 0. The minimum absolute atomic E-state index is 0. The van der Waals surface area contributed by atoms with E-state index in [0.717, 1.165) is 45.1 Å². The summed E-state index contributed by atoms with van der Waals surface area (Å²) in [6.45, 7) is 6.51. The molecule has 0 bridgehead atoms. The lowest BCUT2D eigenvalue weighted by Gasteiger charge is -2.41. The SMILES string of the molecule is Cl.Cl.O=C([C@@H]1CCCNC1)N1CCC(N2CCCCC2)CC1. The smallest absolute Gasteiger partial charge is 0.226 e. The average molecular weight is 352 g/mol. The first-order valence-corrected chi connectivity index (χ1v) is 8.58. The van der Waals surface area contributed by atoms with E-state index in [1.165, 1.54) is 45.2 Å². The Morgan fingerprint density at radius 3 is 2.14 bits per heavy atom. The molecule has 0 aromatic carbocycles. The Labute approximate surface area is 147 Å². The zero-order chi connectivity index (χ0) is 13.8. The molecule has 1 atom stereocenters. The summed E-state index contributed by atoms with van der Waals surface area (Å²) in [5, 5.41) is 3.36. The van der Waals surface area contributed by atoms with Crippen LogP contribution in [0.4, 0.5) is 0 Å². The molecule has 0 aromatic rings. The Kier molecular flexibility index (Phi) is 9.07. The molecule has 6 heteroatoms. The van der Waals surface area contributed by atoms with Crippen molar-refractivity contribution in [2.75, 3.05) is 39.3 Å². The highest BCUT2D eigenvalue weighted by molar-refractivity contribution is 5.85. The van der Waals surface area contributed by atoms with Crippen molar-refractivity contribution in [3.8, 4) is 0 Å². The third-order valence-corrected chi connectivity index (χ3v) is 5.33. The number of carbonyl (C=O) groups excluding carboxylic acids is 1. The maximum atomic E-state index is 12.5. The fourth-order valence-electron chi connectivity index (χ4n) is 4.06. The van der Waals surface area contributed by atoms with Gasteiger partial charge in [-0.05, 0) is 58.2 Å². The Hall–Kier alpha value is -0.0300. The summed E-state index contributed by atoms with van der Waals surface area (Å²) in [6.07, 6.45) is 8.75. The first kappa shape index (κ1) is 20.0. The normalized spacial score (nSPS) is 27.6. The van der Waals surface area contributed by atoms with Gasteiger partial charge in [-0.2, -0.15) is 0 Å². The second kappa shape index (κ2) is 9.96. The van der Waals surface area contributed by atoms with Crippen LogP contribution < -0.4 is 5.32 Å². The molecule has 3 aliphatic rings. The standard InChI is InChI=1S/C16H29N3O.2ClH/c20-16(14-5-4-8-17-13-14)19-11-6-15(7-12-19)18-9-2-1-3-10-18;;/h14-15,17H,1-13H2;2*1H/t14-;;/m1../s1.